The molecule has 0 amide bonds. The van der Waals surface area contributed by atoms with Gasteiger partial charge in [0, 0.05) is 23.7 Å². The number of nitrogens with zero attached hydrogens (tertiary/aromatic N) is 1. The van der Waals surface area contributed by atoms with Crippen LogP contribution in [0.4, 0.5) is 0 Å². The minimum Gasteiger partial charge on any atom is -0.490 e. The van der Waals surface area contributed by atoms with Gasteiger partial charge in [0.1, 0.15) is 11.6 Å². The summed E-state index contributed by atoms with van der Waals surface area (Å²) >= 11 is 1.59. The Balaban J connectivity index is 2.16. The normalized spacial score (nSPS) is 10.5. The largest absolute Gasteiger partial charge is 0.490 e. The minimum atomic E-state index is 0.473. The van der Waals surface area contributed by atoms with E-state index in [1.54, 1.807) is 17.5 Å². The zero-order chi connectivity index (χ0) is 14.2. The Morgan fingerprint density at radius 1 is 1.25 bits per heavy atom. The number of rotatable bonds is 8. The van der Waals surface area contributed by atoms with E-state index in [2.05, 4.69) is 23.3 Å². The van der Waals surface area contributed by atoms with Crippen molar-refractivity contribution in [2.75, 3.05) is 13.2 Å². The first-order chi connectivity index (χ1) is 9.85. The second-order valence-corrected chi connectivity index (χ2v) is 5.15. The lowest BCUT2D eigenvalue weighted by atomic mass is 10.2. The van der Waals surface area contributed by atoms with Gasteiger partial charge in [-0.2, -0.15) is 0 Å². The van der Waals surface area contributed by atoms with Crippen LogP contribution in [0.3, 0.4) is 0 Å². The van der Waals surface area contributed by atoms with E-state index in [1.165, 1.54) is 0 Å². The van der Waals surface area contributed by atoms with Crippen molar-refractivity contribution in [3.05, 3.63) is 40.3 Å². The Labute approximate surface area is 123 Å². The van der Waals surface area contributed by atoms with Gasteiger partial charge >= 0.3 is 0 Å². The second kappa shape index (κ2) is 7.87. The number of para-hydroxylation sites is 1. The molecule has 1 aromatic heterocycles. The van der Waals surface area contributed by atoms with Crippen molar-refractivity contribution in [2.24, 2.45) is 0 Å². The summed E-state index contributed by atoms with van der Waals surface area (Å²) in [7, 11) is 0. The third-order valence-corrected chi connectivity index (χ3v) is 3.50. The molecule has 0 unspecified atom stereocenters. The SMILES string of the molecule is CCNCc1cccc(OCC)c1OCc1nccs1. The summed E-state index contributed by atoms with van der Waals surface area (Å²) in [6.45, 7) is 6.85. The van der Waals surface area contributed by atoms with Crippen LogP contribution in [0.25, 0.3) is 0 Å². The fourth-order valence-corrected chi connectivity index (χ4v) is 2.38. The second-order valence-electron chi connectivity index (χ2n) is 4.17. The van der Waals surface area contributed by atoms with Crippen LogP contribution in [0.15, 0.2) is 29.8 Å². The lowest BCUT2D eigenvalue weighted by Crippen LogP contribution is -2.13. The molecule has 0 saturated heterocycles. The van der Waals surface area contributed by atoms with Crippen LogP contribution in [0.1, 0.15) is 24.4 Å². The molecule has 0 radical (unpaired) electrons. The van der Waals surface area contributed by atoms with Crippen molar-refractivity contribution in [1.82, 2.24) is 10.3 Å². The summed E-state index contributed by atoms with van der Waals surface area (Å²) in [6.07, 6.45) is 1.79. The van der Waals surface area contributed by atoms with Gasteiger partial charge < -0.3 is 14.8 Å². The van der Waals surface area contributed by atoms with E-state index >= 15 is 0 Å². The average molecular weight is 292 g/mol. The highest BCUT2D eigenvalue weighted by Gasteiger charge is 2.11. The molecule has 1 N–H and O–H groups in total. The Kier molecular flexibility index (Phi) is 5.83. The molecule has 0 spiro atoms. The Morgan fingerprint density at radius 2 is 2.15 bits per heavy atom. The molecule has 1 aromatic carbocycles. The van der Waals surface area contributed by atoms with E-state index in [1.807, 2.05) is 24.4 Å². The molecular formula is C15H20N2O2S. The van der Waals surface area contributed by atoms with E-state index in [0.717, 1.165) is 35.2 Å². The summed E-state index contributed by atoms with van der Waals surface area (Å²) < 4.78 is 11.6. The van der Waals surface area contributed by atoms with Gasteiger partial charge in [0.15, 0.2) is 11.5 Å². The minimum absolute atomic E-state index is 0.473. The molecule has 0 atom stereocenters. The zero-order valence-electron chi connectivity index (χ0n) is 11.9. The monoisotopic (exact) mass is 292 g/mol. The van der Waals surface area contributed by atoms with Crippen molar-refractivity contribution in [3.8, 4) is 11.5 Å². The van der Waals surface area contributed by atoms with Crippen molar-refractivity contribution in [3.63, 3.8) is 0 Å². The van der Waals surface area contributed by atoms with Crippen molar-refractivity contribution in [2.45, 2.75) is 27.0 Å². The highest BCUT2D eigenvalue weighted by Crippen LogP contribution is 2.32. The summed E-state index contributed by atoms with van der Waals surface area (Å²) in [5, 5.41) is 6.23. The molecule has 2 rings (SSSR count). The highest BCUT2D eigenvalue weighted by atomic mass is 32.1. The first-order valence-corrected chi connectivity index (χ1v) is 7.69. The molecule has 4 nitrogen and oxygen atoms in total. The fraction of sp³-hybridized carbons (Fsp3) is 0.400. The van der Waals surface area contributed by atoms with Crippen LogP contribution in [-0.2, 0) is 13.2 Å². The Hall–Kier alpha value is -1.59. The fourth-order valence-electron chi connectivity index (χ4n) is 1.85. The van der Waals surface area contributed by atoms with Gasteiger partial charge in [-0.25, -0.2) is 4.98 Å². The highest BCUT2D eigenvalue weighted by molar-refractivity contribution is 7.09. The molecule has 0 bridgehead atoms. The summed E-state index contributed by atoms with van der Waals surface area (Å²) in [6, 6.07) is 5.99. The first-order valence-electron chi connectivity index (χ1n) is 6.81. The van der Waals surface area contributed by atoms with E-state index < -0.39 is 0 Å². The third kappa shape index (κ3) is 3.95. The Morgan fingerprint density at radius 3 is 2.85 bits per heavy atom. The standard InChI is InChI=1S/C15H20N2O2S/c1-3-16-10-12-6-5-7-13(18-4-2)15(12)19-11-14-17-8-9-20-14/h5-9,16H,3-4,10-11H2,1-2H3. The van der Waals surface area contributed by atoms with E-state index in [0.29, 0.717) is 13.2 Å². The molecule has 5 heteroatoms. The van der Waals surface area contributed by atoms with Gasteiger partial charge in [0.05, 0.1) is 6.61 Å². The molecule has 0 aliphatic carbocycles. The molecule has 0 saturated carbocycles. The van der Waals surface area contributed by atoms with Crippen LogP contribution in [0.5, 0.6) is 11.5 Å². The number of thiazole rings is 1. The predicted octanol–water partition coefficient (Wildman–Crippen LogP) is 3.23. The predicted molar refractivity (Wildman–Crippen MR) is 81.4 cm³/mol. The van der Waals surface area contributed by atoms with Crippen LogP contribution >= 0.6 is 11.3 Å². The molecule has 1 heterocycles. The van der Waals surface area contributed by atoms with Crippen LogP contribution < -0.4 is 14.8 Å². The van der Waals surface area contributed by atoms with Crippen molar-refractivity contribution in [1.29, 1.82) is 0 Å². The zero-order valence-corrected chi connectivity index (χ0v) is 12.7. The number of nitrogens with one attached hydrogen (secondary N) is 1. The molecule has 20 heavy (non-hydrogen) atoms. The number of hydrogen-bond donors (Lipinski definition) is 1. The summed E-state index contributed by atoms with van der Waals surface area (Å²) in [5.41, 5.74) is 1.11. The molecule has 108 valence electrons. The van der Waals surface area contributed by atoms with Gasteiger partial charge in [-0.1, -0.05) is 19.1 Å². The number of hydrogen-bond acceptors (Lipinski definition) is 5. The van der Waals surface area contributed by atoms with Crippen LogP contribution in [-0.4, -0.2) is 18.1 Å². The number of benzene rings is 1. The smallest absolute Gasteiger partial charge is 0.166 e. The Bertz CT molecular complexity index is 515. The van der Waals surface area contributed by atoms with Crippen molar-refractivity contribution >= 4 is 11.3 Å². The molecule has 0 aliphatic rings. The lowest BCUT2D eigenvalue weighted by Gasteiger charge is -2.15. The maximum atomic E-state index is 5.95. The lowest BCUT2D eigenvalue weighted by molar-refractivity contribution is 0.266. The quantitative estimate of drug-likeness (QED) is 0.811. The number of ether oxygens (including phenoxy) is 2. The van der Waals surface area contributed by atoms with Crippen LogP contribution in [0.2, 0.25) is 0 Å². The molecule has 0 fully saturated rings. The third-order valence-electron chi connectivity index (χ3n) is 2.75. The van der Waals surface area contributed by atoms with E-state index in [9.17, 15) is 0 Å². The molecular weight excluding hydrogens is 272 g/mol. The van der Waals surface area contributed by atoms with Crippen molar-refractivity contribution < 1.29 is 9.47 Å². The topological polar surface area (TPSA) is 43.4 Å². The van der Waals surface area contributed by atoms with Gasteiger partial charge in [-0.3, -0.25) is 0 Å². The summed E-state index contributed by atoms with van der Waals surface area (Å²) in [5.74, 6) is 1.60. The van der Waals surface area contributed by atoms with Gasteiger partial charge in [0.25, 0.3) is 0 Å². The van der Waals surface area contributed by atoms with Crippen LogP contribution in [0, 0.1) is 0 Å². The molecule has 2 aromatic rings. The first kappa shape index (κ1) is 14.8. The molecule has 0 aliphatic heterocycles. The number of aromatic nitrogens is 1. The van der Waals surface area contributed by atoms with E-state index in [-0.39, 0.29) is 0 Å². The van der Waals surface area contributed by atoms with E-state index in [4.69, 9.17) is 9.47 Å². The summed E-state index contributed by atoms with van der Waals surface area (Å²) in [4.78, 5) is 4.24. The van der Waals surface area contributed by atoms with Gasteiger partial charge in [-0.05, 0) is 19.5 Å². The van der Waals surface area contributed by atoms with Gasteiger partial charge in [-0.15, -0.1) is 11.3 Å². The van der Waals surface area contributed by atoms with Gasteiger partial charge in [0.2, 0.25) is 0 Å². The average Bonchev–Trinajstić information content (AvgIpc) is 2.97. The maximum absolute atomic E-state index is 5.95. The maximum Gasteiger partial charge on any atom is 0.166 e.